The average Bonchev–Trinajstić information content (AvgIpc) is 3.00. The molecule has 0 spiro atoms. The van der Waals surface area contributed by atoms with Gasteiger partial charge < -0.3 is 23.9 Å². The van der Waals surface area contributed by atoms with Gasteiger partial charge in [-0.15, -0.1) is 0 Å². The molecule has 1 heterocycles. The molecule has 2 rings (SSSR count). The van der Waals surface area contributed by atoms with Gasteiger partial charge in [-0.25, -0.2) is 4.98 Å². The van der Waals surface area contributed by atoms with Crippen LogP contribution in [-0.2, 0) is 6.54 Å². The van der Waals surface area contributed by atoms with Crippen molar-refractivity contribution in [2.24, 2.45) is 0 Å². The van der Waals surface area contributed by atoms with E-state index in [9.17, 15) is 0 Å². The fourth-order valence-corrected chi connectivity index (χ4v) is 1.98. The van der Waals surface area contributed by atoms with E-state index in [1.165, 1.54) is 0 Å². The Bertz CT molecular complexity index is 570. The molecule has 0 atom stereocenters. The molecule has 0 unspecified atom stereocenters. The summed E-state index contributed by atoms with van der Waals surface area (Å²) in [6.45, 7) is 3.49. The Hall–Kier alpha value is -2.21. The molecule has 114 valence electrons. The number of rotatable bonds is 7. The van der Waals surface area contributed by atoms with Gasteiger partial charge in [0.05, 0.1) is 34.1 Å². The summed E-state index contributed by atoms with van der Waals surface area (Å²) in [6.07, 6.45) is 1.69. The van der Waals surface area contributed by atoms with Gasteiger partial charge in [0.2, 0.25) is 11.6 Å². The summed E-state index contributed by atoms with van der Waals surface area (Å²) in [5.74, 6) is 3.01. The zero-order valence-corrected chi connectivity index (χ0v) is 12.7. The van der Waals surface area contributed by atoms with E-state index in [1.54, 1.807) is 27.5 Å². The summed E-state index contributed by atoms with van der Waals surface area (Å²) in [6, 6.07) is 3.66. The smallest absolute Gasteiger partial charge is 0.208 e. The predicted molar refractivity (Wildman–Crippen MR) is 79.0 cm³/mol. The summed E-state index contributed by atoms with van der Waals surface area (Å²) < 4.78 is 21.7. The van der Waals surface area contributed by atoms with Crippen LogP contribution in [0.3, 0.4) is 0 Å². The maximum absolute atomic E-state index is 5.72. The third-order valence-corrected chi connectivity index (χ3v) is 3.03. The highest BCUT2D eigenvalue weighted by molar-refractivity contribution is 5.67. The number of nitrogens with zero attached hydrogens (tertiary/aromatic N) is 1. The molecule has 0 saturated heterocycles. The Labute approximate surface area is 124 Å². The molecule has 1 N–H and O–H groups in total. The third kappa shape index (κ3) is 3.28. The zero-order chi connectivity index (χ0) is 15.2. The minimum Gasteiger partial charge on any atom is -0.493 e. The number of oxazole rings is 1. The summed E-state index contributed by atoms with van der Waals surface area (Å²) in [5.41, 5.74) is 0.819. The van der Waals surface area contributed by atoms with Crippen molar-refractivity contribution in [3.63, 3.8) is 0 Å². The lowest BCUT2D eigenvalue weighted by Gasteiger charge is -2.13. The molecule has 0 bridgehead atoms. The molecule has 2 aromatic rings. The molecule has 6 nitrogen and oxygen atoms in total. The third-order valence-electron chi connectivity index (χ3n) is 3.03. The number of aromatic nitrogens is 1. The Morgan fingerprint density at radius 3 is 2.29 bits per heavy atom. The molecule has 0 aliphatic carbocycles. The summed E-state index contributed by atoms with van der Waals surface area (Å²) in [4.78, 5) is 4.24. The second-order valence-corrected chi connectivity index (χ2v) is 4.31. The fourth-order valence-electron chi connectivity index (χ4n) is 1.98. The van der Waals surface area contributed by atoms with Crippen LogP contribution in [0.15, 0.2) is 22.7 Å². The van der Waals surface area contributed by atoms with Crippen LogP contribution in [0.4, 0.5) is 0 Å². The van der Waals surface area contributed by atoms with Crippen LogP contribution < -0.4 is 19.5 Å². The first-order valence-corrected chi connectivity index (χ1v) is 6.69. The highest BCUT2D eigenvalue weighted by Crippen LogP contribution is 2.41. The highest BCUT2D eigenvalue weighted by atomic mass is 16.5. The molecular weight excluding hydrogens is 272 g/mol. The van der Waals surface area contributed by atoms with E-state index in [-0.39, 0.29) is 0 Å². The molecule has 21 heavy (non-hydrogen) atoms. The number of methoxy groups -OCH3 is 3. The molecule has 0 amide bonds. The lowest BCUT2D eigenvalue weighted by Crippen LogP contribution is -2.11. The molecular formula is C15H20N2O4. The standard InChI is InChI=1S/C15H20N2O4/c1-5-16-9-14-17-8-13(21-14)10-6-11(18-2)15(20-4)12(7-10)19-3/h6-8,16H,5,9H2,1-4H3. The van der Waals surface area contributed by atoms with Crippen molar-refractivity contribution in [1.82, 2.24) is 10.3 Å². The molecule has 1 aromatic carbocycles. The topological polar surface area (TPSA) is 65.8 Å². The van der Waals surface area contributed by atoms with Crippen LogP contribution in [0, 0.1) is 0 Å². The van der Waals surface area contributed by atoms with Crippen molar-refractivity contribution in [1.29, 1.82) is 0 Å². The second-order valence-electron chi connectivity index (χ2n) is 4.31. The molecule has 0 fully saturated rings. The summed E-state index contributed by atoms with van der Waals surface area (Å²) in [7, 11) is 4.74. The van der Waals surface area contributed by atoms with Crippen LogP contribution in [0.25, 0.3) is 11.3 Å². The lowest BCUT2D eigenvalue weighted by atomic mass is 10.1. The number of ether oxygens (including phenoxy) is 3. The van der Waals surface area contributed by atoms with E-state index in [2.05, 4.69) is 10.3 Å². The van der Waals surface area contributed by atoms with Gasteiger partial charge in [0.25, 0.3) is 0 Å². The fraction of sp³-hybridized carbons (Fsp3) is 0.400. The van der Waals surface area contributed by atoms with E-state index < -0.39 is 0 Å². The molecule has 0 radical (unpaired) electrons. The van der Waals surface area contributed by atoms with Gasteiger partial charge in [0.1, 0.15) is 0 Å². The highest BCUT2D eigenvalue weighted by Gasteiger charge is 2.16. The van der Waals surface area contributed by atoms with Crippen molar-refractivity contribution in [2.45, 2.75) is 13.5 Å². The van der Waals surface area contributed by atoms with E-state index in [4.69, 9.17) is 18.6 Å². The van der Waals surface area contributed by atoms with Crippen LogP contribution in [0.5, 0.6) is 17.2 Å². The average molecular weight is 292 g/mol. The lowest BCUT2D eigenvalue weighted by molar-refractivity contribution is 0.324. The second kappa shape index (κ2) is 6.99. The van der Waals surface area contributed by atoms with Gasteiger partial charge >= 0.3 is 0 Å². The van der Waals surface area contributed by atoms with Crippen LogP contribution in [-0.4, -0.2) is 32.9 Å². The van der Waals surface area contributed by atoms with Crippen LogP contribution in [0.1, 0.15) is 12.8 Å². The van der Waals surface area contributed by atoms with Crippen molar-refractivity contribution in [2.75, 3.05) is 27.9 Å². The first kappa shape index (κ1) is 15.2. The first-order valence-electron chi connectivity index (χ1n) is 6.69. The summed E-state index contributed by atoms with van der Waals surface area (Å²) in [5, 5.41) is 3.17. The van der Waals surface area contributed by atoms with E-state index >= 15 is 0 Å². The predicted octanol–water partition coefficient (Wildman–Crippen LogP) is 2.48. The SMILES string of the molecule is CCNCc1ncc(-c2cc(OC)c(OC)c(OC)c2)o1. The largest absolute Gasteiger partial charge is 0.493 e. The minimum absolute atomic E-state index is 0.552. The van der Waals surface area contributed by atoms with Crippen molar-refractivity contribution in [3.05, 3.63) is 24.2 Å². The van der Waals surface area contributed by atoms with Gasteiger partial charge in [0.15, 0.2) is 17.3 Å². The Morgan fingerprint density at radius 2 is 1.76 bits per heavy atom. The van der Waals surface area contributed by atoms with Gasteiger partial charge in [0, 0.05) is 5.56 Å². The molecule has 1 aromatic heterocycles. The summed E-state index contributed by atoms with van der Waals surface area (Å²) >= 11 is 0. The monoisotopic (exact) mass is 292 g/mol. The van der Waals surface area contributed by atoms with E-state index in [0.717, 1.165) is 12.1 Å². The maximum Gasteiger partial charge on any atom is 0.208 e. The number of hydrogen-bond donors (Lipinski definition) is 1. The molecule has 0 aliphatic heterocycles. The Kier molecular flexibility index (Phi) is 5.05. The quantitative estimate of drug-likeness (QED) is 0.845. The van der Waals surface area contributed by atoms with Gasteiger partial charge in [-0.2, -0.15) is 0 Å². The van der Waals surface area contributed by atoms with Crippen LogP contribution >= 0.6 is 0 Å². The number of benzene rings is 1. The Balaban J connectivity index is 2.37. The maximum atomic E-state index is 5.72. The Morgan fingerprint density at radius 1 is 1.10 bits per heavy atom. The van der Waals surface area contributed by atoms with Gasteiger partial charge in [-0.3, -0.25) is 0 Å². The zero-order valence-electron chi connectivity index (χ0n) is 12.7. The van der Waals surface area contributed by atoms with Crippen LogP contribution in [0.2, 0.25) is 0 Å². The van der Waals surface area contributed by atoms with Crippen molar-refractivity contribution >= 4 is 0 Å². The van der Waals surface area contributed by atoms with E-state index in [1.807, 2.05) is 19.1 Å². The molecule has 6 heteroatoms. The van der Waals surface area contributed by atoms with Gasteiger partial charge in [-0.1, -0.05) is 6.92 Å². The molecule has 0 saturated carbocycles. The minimum atomic E-state index is 0.552. The van der Waals surface area contributed by atoms with E-state index in [0.29, 0.717) is 35.4 Å². The molecule has 0 aliphatic rings. The number of hydrogen-bond acceptors (Lipinski definition) is 6. The van der Waals surface area contributed by atoms with Crippen molar-refractivity contribution < 1.29 is 18.6 Å². The first-order chi connectivity index (χ1) is 10.2. The number of nitrogens with one attached hydrogen (secondary N) is 1. The van der Waals surface area contributed by atoms with Crippen molar-refractivity contribution in [3.8, 4) is 28.6 Å². The normalized spacial score (nSPS) is 10.5. The van der Waals surface area contributed by atoms with Gasteiger partial charge in [-0.05, 0) is 18.7 Å².